The van der Waals surface area contributed by atoms with Crippen molar-refractivity contribution >= 4 is 22.7 Å². The van der Waals surface area contributed by atoms with Crippen LogP contribution < -0.4 is 5.32 Å². The molecule has 0 aliphatic heterocycles. The van der Waals surface area contributed by atoms with Gasteiger partial charge in [0, 0.05) is 23.9 Å². The molecule has 5 nitrogen and oxygen atoms in total. The molecule has 118 valence electrons. The number of hydrogen-bond acceptors (Lipinski definition) is 4. The minimum absolute atomic E-state index is 0.262. The standard InChI is InChI=1S/C19H15N3O2/c23-19(24)15-10-8-14(9-11-15)5-3-4-12-20-18-16-6-1-2-7-17(16)21-13-22-18/h1-2,6-11,13H,4,12H2,(H,23,24)(H,20,21,22). The summed E-state index contributed by atoms with van der Waals surface area (Å²) in [6.45, 7) is 0.668. The highest BCUT2D eigenvalue weighted by molar-refractivity contribution is 5.88. The molecule has 0 aliphatic carbocycles. The number of nitrogens with one attached hydrogen (secondary N) is 1. The van der Waals surface area contributed by atoms with Gasteiger partial charge in [0.05, 0.1) is 11.1 Å². The lowest BCUT2D eigenvalue weighted by molar-refractivity contribution is 0.0697. The zero-order valence-corrected chi connectivity index (χ0v) is 12.9. The lowest BCUT2D eigenvalue weighted by Crippen LogP contribution is -2.03. The number of rotatable bonds is 4. The predicted octanol–water partition coefficient (Wildman–Crippen LogP) is 3.18. The van der Waals surface area contributed by atoms with Gasteiger partial charge >= 0.3 is 5.97 Å². The van der Waals surface area contributed by atoms with Crippen LogP contribution in [0, 0.1) is 11.8 Å². The van der Waals surface area contributed by atoms with E-state index in [9.17, 15) is 4.79 Å². The molecule has 3 rings (SSSR count). The predicted molar refractivity (Wildman–Crippen MR) is 92.9 cm³/mol. The number of anilines is 1. The topological polar surface area (TPSA) is 75.1 Å². The number of benzene rings is 2. The smallest absolute Gasteiger partial charge is 0.335 e. The van der Waals surface area contributed by atoms with E-state index < -0.39 is 5.97 Å². The van der Waals surface area contributed by atoms with E-state index >= 15 is 0 Å². The van der Waals surface area contributed by atoms with Crippen molar-refractivity contribution in [2.75, 3.05) is 11.9 Å². The van der Waals surface area contributed by atoms with Crippen LogP contribution in [0.4, 0.5) is 5.82 Å². The molecule has 3 aromatic rings. The van der Waals surface area contributed by atoms with E-state index in [1.807, 2.05) is 24.3 Å². The summed E-state index contributed by atoms with van der Waals surface area (Å²) in [7, 11) is 0. The normalized spacial score (nSPS) is 10.0. The van der Waals surface area contributed by atoms with Crippen molar-refractivity contribution in [3.8, 4) is 11.8 Å². The van der Waals surface area contributed by atoms with Crippen molar-refractivity contribution in [1.29, 1.82) is 0 Å². The van der Waals surface area contributed by atoms with Crippen LogP contribution in [0.2, 0.25) is 0 Å². The molecule has 0 unspecified atom stereocenters. The monoisotopic (exact) mass is 317 g/mol. The minimum Gasteiger partial charge on any atom is -0.478 e. The summed E-state index contributed by atoms with van der Waals surface area (Å²) in [5.74, 6) is 5.95. The first-order valence-electron chi connectivity index (χ1n) is 7.50. The van der Waals surface area contributed by atoms with Gasteiger partial charge in [-0.1, -0.05) is 24.0 Å². The zero-order valence-electron chi connectivity index (χ0n) is 12.9. The molecule has 5 heteroatoms. The maximum Gasteiger partial charge on any atom is 0.335 e. The third-order valence-corrected chi connectivity index (χ3v) is 3.45. The number of aromatic nitrogens is 2. The number of fused-ring (bicyclic) bond motifs is 1. The molecule has 2 aromatic carbocycles. The van der Waals surface area contributed by atoms with Crippen molar-refractivity contribution < 1.29 is 9.90 Å². The molecular formula is C19H15N3O2. The average molecular weight is 317 g/mol. The van der Waals surface area contributed by atoms with Crippen molar-refractivity contribution in [3.63, 3.8) is 0 Å². The molecule has 0 saturated heterocycles. The van der Waals surface area contributed by atoms with E-state index in [2.05, 4.69) is 27.1 Å². The molecule has 0 bridgehead atoms. The number of para-hydroxylation sites is 1. The van der Waals surface area contributed by atoms with Crippen LogP contribution in [0.1, 0.15) is 22.3 Å². The van der Waals surface area contributed by atoms with Crippen molar-refractivity contribution in [2.24, 2.45) is 0 Å². The first-order valence-corrected chi connectivity index (χ1v) is 7.50. The van der Waals surface area contributed by atoms with Gasteiger partial charge in [-0.05, 0) is 36.4 Å². The minimum atomic E-state index is -0.934. The van der Waals surface area contributed by atoms with Gasteiger partial charge in [-0.3, -0.25) is 0 Å². The lowest BCUT2D eigenvalue weighted by atomic mass is 10.1. The van der Waals surface area contributed by atoms with Gasteiger partial charge < -0.3 is 10.4 Å². The Balaban J connectivity index is 1.58. The zero-order chi connectivity index (χ0) is 16.8. The molecule has 0 atom stereocenters. The Morgan fingerprint density at radius 1 is 1.08 bits per heavy atom. The molecule has 0 aliphatic rings. The van der Waals surface area contributed by atoms with Crippen LogP contribution in [0.3, 0.4) is 0 Å². The van der Waals surface area contributed by atoms with E-state index in [0.717, 1.165) is 22.3 Å². The van der Waals surface area contributed by atoms with Crippen LogP contribution in [-0.2, 0) is 0 Å². The van der Waals surface area contributed by atoms with Gasteiger partial charge in [-0.25, -0.2) is 14.8 Å². The Hall–Kier alpha value is -3.39. The molecule has 0 amide bonds. The maximum absolute atomic E-state index is 10.8. The second kappa shape index (κ2) is 7.25. The van der Waals surface area contributed by atoms with Crippen molar-refractivity contribution in [3.05, 3.63) is 66.0 Å². The third kappa shape index (κ3) is 3.68. The summed E-state index contributed by atoms with van der Waals surface area (Å²) in [5.41, 5.74) is 1.96. The molecule has 0 radical (unpaired) electrons. The van der Waals surface area contributed by atoms with E-state index in [1.54, 1.807) is 30.6 Å². The molecule has 0 spiro atoms. The maximum atomic E-state index is 10.8. The quantitative estimate of drug-likeness (QED) is 0.571. The Kier molecular flexibility index (Phi) is 4.68. The number of carbonyl (C=O) groups is 1. The number of hydrogen-bond donors (Lipinski definition) is 2. The molecule has 0 saturated carbocycles. The van der Waals surface area contributed by atoms with Crippen molar-refractivity contribution in [2.45, 2.75) is 6.42 Å². The first kappa shape index (κ1) is 15.5. The fourth-order valence-electron chi connectivity index (χ4n) is 2.25. The summed E-state index contributed by atoms with van der Waals surface area (Å²) in [6, 6.07) is 14.4. The summed E-state index contributed by atoms with van der Waals surface area (Å²) in [6.07, 6.45) is 2.19. The lowest BCUT2D eigenvalue weighted by Gasteiger charge is -2.05. The summed E-state index contributed by atoms with van der Waals surface area (Å²) < 4.78 is 0. The second-order valence-corrected chi connectivity index (χ2v) is 5.10. The SMILES string of the molecule is O=C(O)c1ccc(C#CCCNc2ncnc3ccccc23)cc1. The van der Waals surface area contributed by atoms with Crippen LogP contribution >= 0.6 is 0 Å². The van der Waals surface area contributed by atoms with Crippen molar-refractivity contribution in [1.82, 2.24) is 9.97 Å². The van der Waals surface area contributed by atoms with E-state index in [4.69, 9.17) is 5.11 Å². The Morgan fingerprint density at radius 2 is 1.88 bits per heavy atom. The number of carboxylic acids is 1. The van der Waals surface area contributed by atoms with Gasteiger partial charge in [-0.2, -0.15) is 0 Å². The second-order valence-electron chi connectivity index (χ2n) is 5.10. The fraction of sp³-hybridized carbons (Fsp3) is 0.105. The highest BCUT2D eigenvalue weighted by Crippen LogP contribution is 2.17. The highest BCUT2D eigenvalue weighted by Gasteiger charge is 2.01. The number of carboxylic acid groups (broad SMARTS) is 1. The van der Waals surface area contributed by atoms with E-state index in [1.165, 1.54) is 0 Å². The van der Waals surface area contributed by atoms with Gasteiger partial charge in [0.1, 0.15) is 12.1 Å². The van der Waals surface area contributed by atoms with Gasteiger partial charge in [0.2, 0.25) is 0 Å². The molecule has 1 aromatic heterocycles. The van der Waals surface area contributed by atoms with Gasteiger partial charge in [0.25, 0.3) is 0 Å². The first-order chi connectivity index (χ1) is 11.7. The van der Waals surface area contributed by atoms with Crippen LogP contribution in [0.5, 0.6) is 0 Å². The van der Waals surface area contributed by atoms with Crippen LogP contribution in [0.25, 0.3) is 10.9 Å². The summed E-state index contributed by atoms with van der Waals surface area (Å²) in [5, 5.41) is 13.1. The summed E-state index contributed by atoms with van der Waals surface area (Å²) in [4.78, 5) is 19.3. The summed E-state index contributed by atoms with van der Waals surface area (Å²) >= 11 is 0. The molecule has 2 N–H and O–H groups in total. The van der Waals surface area contributed by atoms with E-state index in [0.29, 0.717) is 13.0 Å². The molecule has 0 fully saturated rings. The highest BCUT2D eigenvalue weighted by atomic mass is 16.4. The molecular weight excluding hydrogens is 302 g/mol. The Morgan fingerprint density at radius 3 is 2.67 bits per heavy atom. The average Bonchev–Trinajstić information content (AvgIpc) is 2.62. The van der Waals surface area contributed by atoms with Crippen LogP contribution in [-0.4, -0.2) is 27.6 Å². The largest absolute Gasteiger partial charge is 0.478 e. The Labute approximate surface area is 139 Å². The fourth-order valence-corrected chi connectivity index (χ4v) is 2.25. The van der Waals surface area contributed by atoms with E-state index in [-0.39, 0.29) is 5.56 Å². The number of nitrogens with zero attached hydrogens (tertiary/aromatic N) is 2. The number of aromatic carboxylic acids is 1. The van der Waals surface area contributed by atoms with Gasteiger partial charge in [-0.15, -0.1) is 0 Å². The Bertz CT molecular complexity index is 919. The third-order valence-electron chi connectivity index (χ3n) is 3.45. The van der Waals surface area contributed by atoms with Crippen LogP contribution in [0.15, 0.2) is 54.9 Å². The van der Waals surface area contributed by atoms with Gasteiger partial charge in [0.15, 0.2) is 0 Å². The molecule has 24 heavy (non-hydrogen) atoms. The molecule has 1 heterocycles.